The molecule has 0 fully saturated rings. The van der Waals surface area contributed by atoms with Crippen molar-refractivity contribution < 1.29 is 4.79 Å². The standard InChI is InChI=1S/C16H16ClN5O/c1-9-3-6-14(22(9)2)15(18)20-21-16(23)13-8-10-7-11(17)4-5-12(10)19-13/h3-8,19H,1-2H3,(H2,18,20)(H,21,23). The number of benzene rings is 1. The van der Waals surface area contributed by atoms with Gasteiger partial charge in [-0.05, 0) is 43.3 Å². The predicted octanol–water partition coefficient (Wildman–Crippen LogP) is 2.52. The van der Waals surface area contributed by atoms with Gasteiger partial charge < -0.3 is 15.3 Å². The molecule has 0 aliphatic heterocycles. The summed E-state index contributed by atoms with van der Waals surface area (Å²) in [6.07, 6.45) is 0. The number of aromatic amines is 1. The quantitative estimate of drug-likeness (QED) is 0.391. The summed E-state index contributed by atoms with van der Waals surface area (Å²) < 4.78 is 1.90. The number of nitrogens with zero attached hydrogens (tertiary/aromatic N) is 2. The molecule has 2 heterocycles. The van der Waals surface area contributed by atoms with Gasteiger partial charge in [-0.15, -0.1) is 0 Å². The van der Waals surface area contributed by atoms with Crippen LogP contribution < -0.4 is 11.2 Å². The first kappa shape index (κ1) is 15.2. The molecule has 6 nitrogen and oxygen atoms in total. The number of nitrogens with one attached hydrogen (secondary N) is 2. The summed E-state index contributed by atoms with van der Waals surface area (Å²) in [4.78, 5) is 15.2. The Labute approximate surface area is 137 Å². The first-order valence-electron chi connectivity index (χ1n) is 7.00. The number of hydrogen-bond donors (Lipinski definition) is 3. The lowest BCUT2D eigenvalue weighted by Gasteiger charge is -2.04. The minimum atomic E-state index is -0.369. The van der Waals surface area contributed by atoms with E-state index in [1.807, 2.05) is 36.7 Å². The summed E-state index contributed by atoms with van der Waals surface area (Å²) in [5.74, 6) is -0.126. The van der Waals surface area contributed by atoms with Crippen molar-refractivity contribution in [1.29, 1.82) is 0 Å². The van der Waals surface area contributed by atoms with Crippen LogP contribution in [-0.2, 0) is 7.05 Å². The number of halogens is 1. The van der Waals surface area contributed by atoms with Crippen molar-refractivity contribution in [2.45, 2.75) is 6.92 Å². The van der Waals surface area contributed by atoms with E-state index in [0.29, 0.717) is 10.7 Å². The maximum atomic E-state index is 12.2. The van der Waals surface area contributed by atoms with Crippen molar-refractivity contribution in [2.75, 3.05) is 0 Å². The van der Waals surface area contributed by atoms with Gasteiger partial charge in [-0.3, -0.25) is 4.79 Å². The molecule has 1 aromatic carbocycles. The summed E-state index contributed by atoms with van der Waals surface area (Å²) in [6, 6.07) is 10.9. The fourth-order valence-corrected chi connectivity index (χ4v) is 2.51. The second-order valence-electron chi connectivity index (χ2n) is 5.27. The Kier molecular flexibility index (Phi) is 3.83. The van der Waals surface area contributed by atoms with Crippen LogP contribution in [0.5, 0.6) is 0 Å². The first-order chi connectivity index (χ1) is 11.0. The normalized spacial score (nSPS) is 11.9. The average molecular weight is 330 g/mol. The van der Waals surface area contributed by atoms with Crippen LogP contribution in [0.2, 0.25) is 5.02 Å². The third-order valence-electron chi connectivity index (χ3n) is 3.74. The summed E-state index contributed by atoms with van der Waals surface area (Å²) in [6.45, 7) is 1.96. The van der Waals surface area contributed by atoms with Crippen molar-refractivity contribution in [1.82, 2.24) is 15.0 Å². The maximum Gasteiger partial charge on any atom is 0.287 e. The number of fused-ring (bicyclic) bond motifs is 1. The van der Waals surface area contributed by atoms with Crippen molar-refractivity contribution in [3.05, 3.63) is 58.5 Å². The molecule has 7 heteroatoms. The molecule has 2 aromatic heterocycles. The van der Waals surface area contributed by atoms with Gasteiger partial charge in [0.05, 0.1) is 5.69 Å². The number of carbonyl (C=O) groups excluding carboxylic acids is 1. The van der Waals surface area contributed by atoms with Crippen LogP contribution in [0.3, 0.4) is 0 Å². The van der Waals surface area contributed by atoms with Crippen LogP contribution in [0.1, 0.15) is 21.9 Å². The molecule has 3 aromatic rings. The van der Waals surface area contributed by atoms with Crippen LogP contribution in [0.25, 0.3) is 10.9 Å². The van der Waals surface area contributed by atoms with Gasteiger partial charge in [0.1, 0.15) is 5.69 Å². The Morgan fingerprint density at radius 2 is 2.09 bits per heavy atom. The topological polar surface area (TPSA) is 88.2 Å². The molecule has 0 radical (unpaired) electrons. The van der Waals surface area contributed by atoms with E-state index in [2.05, 4.69) is 15.5 Å². The van der Waals surface area contributed by atoms with E-state index in [1.165, 1.54) is 0 Å². The molecule has 118 valence electrons. The Balaban J connectivity index is 1.80. The summed E-state index contributed by atoms with van der Waals surface area (Å²) in [5, 5.41) is 5.44. The lowest BCUT2D eigenvalue weighted by Crippen LogP contribution is -2.25. The first-order valence-corrected chi connectivity index (χ1v) is 7.38. The van der Waals surface area contributed by atoms with E-state index in [1.54, 1.807) is 18.2 Å². The van der Waals surface area contributed by atoms with Gasteiger partial charge in [-0.2, -0.15) is 5.10 Å². The largest absolute Gasteiger partial charge is 0.381 e. The molecular formula is C16H16ClN5O. The van der Waals surface area contributed by atoms with Crippen molar-refractivity contribution in [2.24, 2.45) is 17.9 Å². The highest BCUT2D eigenvalue weighted by molar-refractivity contribution is 6.31. The third kappa shape index (κ3) is 2.93. The second-order valence-corrected chi connectivity index (χ2v) is 5.71. The van der Waals surface area contributed by atoms with Gasteiger partial charge >= 0.3 is 0 Å². The van der Waals surface area contributed by atoms with Gasteiger partial charge in [0.25, 0.3) is 5.91 Å². The minimum Gasteiger partial charge on any atom is -0.381 e. The number of hydrazone groups is 1. The average Bonchev–Trinajstić information content (AvgIpc) is 3.08. The molecule has 0 atom stereocenters. The number of hydrogen-bond acceptors (Lipinski definition) is 2. The molecule has 4 N–H and O–H groups in total. The Bertz CT molecular complexity index is 922. The van der Waals surface area contributed by atoms with Crippen LogP contribution >= 0.6 is 11.6 Å². The maximum absolute atomic E-state index is 12.2. The number of aromatic nitrogens is 2. The van der Waals surface area contributed by atoms with Crippen LogP contribution in [0, 0.1) is 6.92 Å². The van der Waals surface area contributed by atoms with Crippen LogP contribution in [0.15, 0.2) is 41.5 Å². The molecular weight excluding hydrogens is 314 g/mol. The molecule has 0 saturated carbocycles. The SMILES string of the molecule is Cc1ccc(/C(N)=N\NC(=O)c2cc3cc(Cl)ccc3[nH]2)n1C. The van der Waals surface area contributed by atoms with Gasteiger partial charge in [-0.25, -0.2) is 5.43 Å². The highest BCUT2D eigenvalue weighted by atomic mass is 35.5. The van der Waals surface area contributed by atoms with E-state index in [-0.39, 0.29) is 11.7 Å². The van der Waals surface area contributed by atoms with E-state index in [9.17, 15) is 4.79 Å². The molecule has 0 aliphatic rings. The minimum absolute atomic E-state index is 0.244. The van der Waals surface area contributed by atoms with Crippen LogP contribution in [-0.4, -0.2) is 21.3 Å². The fourth-order valence-electron chi connectivity index (χ4n) is 2.32. The molecule has 0 spiro atoms. The zero-order chi connectivity index (χ0) is 16.6. The monoisotopic (exact) mass is 329 g/mol. The van der Waals surface area contributed by atoms with Crippen molar-refractivity contribution in [3.63, 3.8) is 0 Å². The lowest BCUT2D eigenvalue weighted by atomic mass is 10.2. The fraction of sp³-hybridized carbons (Fsp3) is 0.125. The number of rotatable bonds is 3. The zero-order valence-electron chi connectivity index (χ0n) is 12.7. The molecule has 0 aliphatic carbocycles. The number of amidine groups is 1. The number of aryl methyl sites for hydroxylation is 1. The van der Waals surface area contributed by atoms with E-state index in [4.69, 9.17) is 17.3 Å². The van der Waals surface area contributed by atoms with Gasteiger partial charge in [-0.1, -0.05) is 11.6 Å². The van der Waals surface area contributed by atoms with Crippen molar-refractivity contribution in [3.8, 4) is 0 Å². The Hall–Kier alpha value is -2.73. The highest BCUT2D eigenvalue weighted by Crippen LogP contribution is 2.20. The Morgan fingerprint density at radius 1 is 1.30 bits per heavy atom. The van der Waals surface area contributed by atoms with E-state index in [0.717, 1.165) is 22.3 Å². The molecule has 1 amide bonds. The van der Waals surface area contributed by atoms with Crippen molar-refractivity contribution >= 4 is 34.2 Å². The number of H-pyrrole nitrogens is 1. The summed E-state index contributed by atoms with van der Waals surface area (Å²) >= 11 is 5.94. The molecule has 0 bridgehead atoms. The zero-order valence-corrected chi connectivity index (χ0v) is 13.5. The lowest BCUT2D eigenvalue weighted by molar-refractivity contribution is 0.0950. The third-order valence-corrected chi connectivity index (χ3v) is 3.98. The molecule has 23 heavy (non-hydrogen) atoms. The smallest absolute Gasteiger partial charge is 0.287 e. The number of carbonyl (C=O) groups is 1. The number of amides is 1. The molecule has 0 saturated heterocycles. The predicted molar refractivity (Wildman–Crippen MR) is 91.6 cm³/mol. The summed E-state index contributed by atoms with van der Waals surface area (Å²) in [7, 11) is 1.89. The highest BCUT2D eigenvalue weighted by Gasteiger charge is 2.10. The van der Waals surface area contributed by atoms with E-state index < -0.39 is 0 Å². The van der Waals surface area contributed by atoms with Gasteiger partial charge in [0, 0.05) is 28.7 Å². The van der Waals surface area contributed by atoms with Crippen LogP contribution in [0.4, 0.5) is 0 Å². The molecule has 3 rings (SSSR count). The second kappa shape index (κ2) is 5.81. The Morgan fingerprint density at radius 3 is 2.78 bits per heavy atom. The van der Waals surface area contributed by atoms with E-state index >= 15 is 0 Å². The van der Waals surface area contributed by atoms with Gasteiger partial charge in [0.15, 0.2) is 5.84 Å². The molecule has 0 unspecified atom stereocenters. The summed E-state index contributed by atoms with van der Waals surface area (Å²) in [5.41, 5.74) is 11.4. The van der Waals surface area contributed by atoms with Gasteiger partial charge in [0.2, 0.25) is 0 Å². The number of nitrogens with two attached hydrogens (primary N) is 1.